The van der Waals surface area contributed by atoms with Crippen molar-refractivity contribution < 1.29 is 0 Å². The van der Waals surface area contributed by atoms with Crippen molar-refractivity contribution in [2.45, 2.75) is 45.6 Å². The first-order valence-electron chi connectivity index (χ1n) is 4.81. The molecule has 1 N–H and O–H groups in total. The molecule has 72 valence electrons. The lowest BCUT2D eigenvalue weighted by Crippen LogP contribution is -2.25. The van der Waals surface area contributed by atoms with E-state index in [-0.39, 0.29) is 5.54 Å². The molecule has 0 amide bonds. The summed E-state index contributed by atoms with van der Waals surface area (Å²) in [6.45, 7) is 6.50. The van der Waals surface area contributed by atoms with Crippen LogP contribution in [0.5, 0.6) is 0 Å². The monoisotopic (exact) mass is 196 g/mol. The van der Waals surface area contributed by atoms with E-state index >= 15 is 0 Å². The van der Waals surface area contributed by atoms with Crippen LogP contribution in [0.2, 0.25) is 0 Å². The molecule has 2 rings (SSSR count). The molecule has 0 saturated heterocycles. The summed E-state index contributed by atoms with van der Waals surface area (Å²) in [5.74, 6) is 0. The van der Waals surface area contributed by atoms with Crippen molar-refractivity contribution in [2.75, 3.05) is 5.32 Å². The largest absolute Gasteiger partial charge is 0.357 e. The summed E-state index contributed by atoms with van der Waals surface area (Å²) < 4.78 is 0. The Kier molecular flexibility index (Phi) is 2.06. The third-order valence-electron chi connectivity index (χ3n) is 2.08. The summed E-state index contributed by atoms with van der Waals surface area (Å²) in [5.41, 5.74) is 1.46. The first kappa shape index (κ1) is 9.00. The molecular formula is C10H16N2S. The molecule has 0 bridgehead atoms. The minimum Gasteiger partial charge on any atom is -0.357 e. The van der Waals surface area contributed by atoms with Crippen molar-refractivity contribution in [3.05, 3.63) is 10.6 Å². The van der Waals surface area contributed by atoms with Gasteiger partial charge in [0, 0.05) is 10.4 Å². The molecule has 1 aliphatic carbocycles. The van der Waals surface area contributed by atoms with Gasteiger partial charge in [0.25, 0.3) is 0 Å². The Morgan fingerprint density at radius 3 is 2.69 bits per heavy atom. The van der Waals surface area contributed by atoms with Crippen molar-refractivity contribution in [3.8, 4) is 0 Å². The van der Waals surface area contributed by atoms with E-state index in [0.717, 1.165) is 5.13 Å². The molecule has 0 saturated carbocycles. The average Bonchev–Trinajstić information content (AvgIpc) is 2.40. The van der Waals surface area contributed by atoms with Gasteiger partial charge in [0.05, 0.1) is 5.69 Å². The van der Waals surface area contributed by atoms with Crippen LogP contribution in [0.3, 0.4) is 0 Å². The van der Waals surface area contributed by atoms with E-state index in [1.54, 1.807) is 0 Å². The molecule has 1 aliphatic rings. The van der Waals surface area contributed by atoms with Gasteiger partial charge in [-0.2, -0.15) is 0 Å². The van der Waals surface area contributed by atoms with Crippen LogP contribution in [0.15, 0.2) is 0 Å². The molecular weight excluding hydrogens is 180 g/mol. The molecule has 3 heteroatoms. The normalized spacial score (nSPS) is 15.9. The molecule has 0 aliphatic heterocycles. The van der Waals surface area contributed by atoms with Gasteiger partial charge in [-0.3, -0.25) is 0 Å². The fourth-order valence-electron chi connectivity index (χ4n) is 1.56. The third kappa shape index (κ3) is 2.02. The van der Waals surface area contributed by atoms with E-state index in [9.17, 15) is 0 Å². The number of thiazole rings is 1. The number of fused-ring (bicyclic) bond motifs is 1. The Labute approximate surface area is 83.4 Å². The molecule has 1 aromatic rings. The van der Waals surface area contributed by atoms with Crippen LogP contribution in [-0.2, 0) is 12.8 Å². The Balaban J connectivity index is 2.15. The van der Waals surface area contributed by atoms with Gasteiger partial charge in [0.1, 0.15) is 0 Å². The number of nitrogens with zero attached hydrogens (tertiary/aromatic N) is 1. The van der Waals surface area contributed by atoms with Crippen LogP contribution < -0.4 is 5.32 Å². The number of hydrogen-bond donors (Lipinski definition) is 1. The van der Waals surface area contributed by atoms with Crippen LogP contribution in [0.1, 0.15) is 37.8 Å². The zero-order chi connectivity index (χ0) is 9.47. The lowest BCUT2D eigenvalue weighted by atomic mass is 10.1. The topological polar surface area (TPSA) is 24.9 Å². The Hall–Kier alpha value is -0.570. The average molecular weight is 196 g/mol. The number of nitrogens with one attached hydrogen (secondary N) is 1. The number of anilines is 1. The highest BCUT2D eigenvalue weighted by Gasteiger charge is 2.19. The maximum atomic E-state index is 4.58. The van der Waals surface area contributed by atoms with Crippen molar-refractivity contribution >= 4 is 16.5 Å². The van der Waals surface area contributed by atoms with Crippen molar-refractivity contribution in [1.82, 2.24) is 4.98 Å². The minimum atomic E-state index is 0.131. The Morgan fingerprint density at radius 2 is 2.08 bits per heavy atom. The first-order valence-corrected chi connectivity index (χ1v) is 5.63. The summed E-state index contributed by atoms with van der Waals surface area (Å²) in [5, 5.41) is 4.51. The summed E-state index contributed by atoms with van der Waals surface area (Å²) in [4.78, 5) is 6.08. The smallest absolute Gasteiger partial charge is 0.183 e. The van der Waals surface area contributed by atoms with Gasteiger partial charge in [0.15, 0.2) is 5.13 Å². The lowest BCUT2D eigenvalue weighted by Gasteiger charge is -2.19. The van der Waals surface area contributed by atoms with Gasteiger partial charge in [-0.05, 0) is 40.0 Å². The second kappa shape index (κ2) is 2.98. The van der Waals surface area contributed by atoms with E-state index in [2.05, 4.69) is 31.1 Å². The molecule has 13 heavy (non-hydrogen) atoms. The van der Waals surface area contributed by atoms with E-state index in [0.29, 0.717) is 0 Å². The first-order chi connectivity index (χ1) is 6.04. The fourth-order valence-corrected chi connectivity index (χ4v) is 2.82. The van der Waals surface area contributed by atoms with Gasteiger partial charge >= 0.3 is 0 Å². The maximum Gasteiger partial charge on any atom is 0.183 e. The van der Waals surface area contributed by atoms with E-state index in [1.807, 2.05) is 11.3 Å². The number of aromatic nitrogens is 1. The van der Waals surface area contributed by atoms with Gasteiger partial charge in [0.2, 0.25) is 0 Å². The zero-order valence-corrected chi connectivity index (χ0v) is 9.29. The van der Waals surface area contributed by atoms with Crippen LogP contribution >= 0.6 is 11.3 Å². The summed E-state index contributed by atoms with van der Waals surface area (Å²) >= 11 is 1.83. The van der Waals surface area contributed by atoms with Gasteiger partial charge in [-0.15, -0.1) is 11.3 Å². The molecule has 1 heterocycles. The molecule has 2 nitrogen and oxygen atoms in total. The summed E-state index contributed by atoms with van der Waals surface area (Å²) in [6, 6.07) is 0. The Bertz CT molecular complexity index is 288. The summed E-state index contributed by atoms with van der Waals surface area (Å²) in [7, 11) is 0. The molecule has 0 radical (unpaired) electrons. The van der Waals surface area contributed by atoms with Crippen molar-refractivity contribution in [3.63, 3.8) is 0 Å². The van der Waals surface area contributed by atoms with Crippen LogP contribution in [0, 0.1) is 0 Å². The highest BCUT2D eigenvalue weighted by atomic mass is 32.1. The van der Waals surface area contributed by atoms with Gasteiger partial charge in [-0.25, -0.2) is 4.98 Å². The Morgan fingerprint density at radius 1 is 1.31 bits per heavy atom. The van der Waals surface area contributed by atoms with E-state index in [1.165, 1.54) is 29.8 Å². The predicted octanol–water partition coefficient (Wildman–Crippen LogP) is 2.84. The third-order valence-corrected chi connectivity index (χ3v) is 3.15. The summed E-state index contributed by atoms with van der Waals surface area (Å²) in [6.07, 6.45) is 3.71. The van der Waals surface area contributed by atoms with E-state index < -0.39 is 0 Å². The van der Waals surface area contributed by atoms with Gasteiger partial charge in [-0.1, -0.05) is 0 Å². The SMILES string of the molecule is CC(C)(C)Nc1nc2c(s1)CCC2. The second-order valence-electron chi connectivity index (χ2n) is 4.62. The predicted molar refractivity (Wildman–Crippen MR) is 57.5 cm³/mol. The fraction of sp³-hybridized carbons (Fsp3) is 0.700. The quantitative estimate of drug-likeness (QED) is 0.747. The molecule has 0 aromatic carbocycles. The zero-order valence-electron chi connectivity index (χ0n) is 8.48. The number of aryl methyl sites for hydroxylation is 2. The molecule has 0 spiro atoms. The van der Waals surface area contributed by atoms with Crippen LogP contribution in [0.25, 0.3) is 0 Å². The molecule has 0 atom stereocenters. The molecule has 0 unspecified atom stereocenters. The number of hydrogen-bond acceptors (Lipinski definition) is 3. The second-order valence-corrected chi connectivity index (χ2v) is 5.70. The molecule has 0 fully saturated rings. The highest BCUT2D eigenvalue weighted by Crippen LogP contribution is 2.31. The van der Waals surface area contributed by atoms with Gasteiger partial charge < -0.3 is 5.32 Å². The van der Waals surface area contributed by atoms with Crippen LogP contribution in [-0.4, -0.2) is 10.5 Å². The van der Waals surface area contributed by atoms with Crippen molar-refractivity contribution in [2.24, 2.45) is 0 Å². The highest BCUT2D eigenvalue weighted by molar-refractivity contribution is 7.15. The number of rotatable bonds is 1. The van der Waals surface area contributed by atoms with E-state index in [4.69, 9.17) is 0 Å². The van der Waals surface area contributed by atoms with Crippen LogP contribution in [0.4, 0.5) is 5.13 Å². The van der Waals surface area contributed by atoms with Crippen molar-refractivity contribution in [1.29, 1.82) is 0 Å². The maximum absolute atomic E-state index is 4.58. The lowest BCUT2D eigenvalue weighted by molar-refractivity contribution is 0.633. The standard InChI is InChI=1S/C10H16N2S/c1-10(2,3)12-9-11-7-5-4-6-8(7)13-9/h4-6H2,1-3H3,(H,11,12). The molecule has 1 aromatic heterocycles. The minimum absolute atomic E-state index is 0.131.